The zero-order valence-corrected chi connectivity index (χ0v) is 16.6. The molecule has 1 N–H and O–H groups in total. The van der Waals surface area contributed by atoms with E-state index in [9.17, 15) is 14.4 Å². The lowest BCUT2D eigenvalue weighted by molar-refractivity contribution is -0.131. The Bertz CT molecular complexity index is 1090. The van der Waals surface area contributed by atoms with Gasteiger partial charge in [0.1, 0.15) is 17.3 Å². The van der Waals surface area contributed by atoms with E-state index < -0.39 is 17.8 Å². The summed E-state index contributed by atoms with van der Waals surface area (Å²) >= 11 is 0. The number of rotatable bonds is 6. The summed E-state index contributed by atoms with van der Waals surface area (Å²) < 4.78 is 20.5. The van der Waals surface area contributed by atoms with E-state index in [2.05, 4.69) is 5.32 Å². The number of amides is 1. The summed E-state index contributed by atoms with van der Waals surface area (Å²) in [5.41, 5.74) is 1.06. The monoisotopic (exact) mass is 409 g/mol. The first kappa shape index (κ1) is 20.7. The van der Waals surface area contributed by atoms with Gasteiger partial charge in [0.15, 0.2) is 0 Å². The molecule has 2 aromatic carbocycles. The van der Waals surface area contributed by atoms with Crippen molar-refractivity contribution in [1.82, 2.24) is 0 Å². The van der Waals surface area contributed by atoms with E-state index in [1.807, 2.05) is 0 Å². The number of methoxy groups -OCH3 is 2. The van der Waals surface area contributed by atoms with E-state index in [0.29, 0.717) is 17.1 Å². The Labute approximate surface area is 172 Å². The van der Waals surface area contributed by atoms with Crippen molar-refractivity contribution >= 4 is 23.5 Å². The SMILES string of the molecule is COC(=O)c1ccc(-c2ccco2)cc1NC(=O)c1cc(OC)ccc1OC(C)=O. The first-order chi connectivity index (χ1) is 14.4. The Morgan fingerprint density at radius 1 is 0.967 bits per heavy atom. The van der Waals surface area contributed by atoms with Crippen molar-refractivity contribution in [1.29, 1.82) is 0 Å². The molecule has 0 aliphatic carbocycles. The van der Waals surface area contributed by atoms with E-state index in [1.54, 1.807) is 30.3 Å². The summed E-state index contributed by atoms with van der Waals surface area (Å²) in [6.07, 6.45) is 1.52. The number of esters is 2. The van der Waals surface area contributed by atoms with Gasteiger partial charge < -0.3 is 23.9 Å². The van der Waals surface area contributed by atoms with Crippen molar-refractivity contribution in [3.63, 3.8) is 0 Å². The Morgan fingerprint density at radius 3 is 2.40 bits per heavy atom. The van der Waals surface area contributed by atoms with E-state index in [-0.39, 0.29) is 22.6 Å². The van der Waals surface area contributed by atoms with Gasteiger partial charge in [-0.2, -0.15) is 0 Å². The molecule has 0 spiro atoms. The first-order valence-electron chi connectivity index (χ1n) is 8.87. The summed E-state index contributed by atoms with van der Waals surface area (Å²) in [5.74, 6) is -0.793. The highest BCUT2D eigenvalue weighted by Crippen LogP contribution is 2.29. The molecule has 154 valence electrons. The maximum absolute atomic E-state index is 13.0. The maximum atomic E-state index is 13.0. The van der Waals surface area contributed by atoms with Crippen LogP contribution in [0.15, 0.2) is 59.2 Å². The van der Waals surface area contributed by atoms with Crippen molar-refractivity contribution < 1.29 is 33.0 Å². The van der Waals surface area contributed by atoms with Crippen LogP contribution in [0.4, 0.5) is 5.69 Å². The molecule has 0 aliphatic rings. The van der Waals surface area contributed by atoms with Gasteiger partial charge in [-0.05, 0) is 42.5 Å². The topological polar surface area (TPSA) is 104 Å². The molecule has 0 fully saturated rings. The predicted molar refractivity (Wildman–Crippen MR) is 108 cm³/mol. The molecular weight excluding hydrogens is 390 g/mol. The molecule has 30 heavy (non-hydrogen) atoms. The van der Waals surface area contributed by atoms with Crippen LogP contribution < -0.4 is 14.8 Å². The lowest BCUT2D eigenvalue weighted by Gasteiger charge is -2.14. The van der Waals surface area contributed by atoms with E-state index in [0.717, 1.165) is 0 Å². The first-order valence-corrected chi connectivity index (χ1v) is 8.87. The number of anilines is 1. The largest absolute Gasteiger partial charge is 0.497 e. The fourth-order valence-electron chi connectivity index (χ4n) is 2.78. The Kier molecular flexibility index (Phi) is 6.17. The number of carbonyl (C=O) groups excluding carboxylic acids is 3. The van der Waals surface area contributed by atoms with Gasteiger partial charge in [0.05, 0.1) is 37.3 Å². The highest BCUT2D eigenvalue weighted by Gasteiger charge is 2.20. The van der Waals surface area contributed by atoms with Gasteiger partial charge in [-0.25, -0.2) is 4.79 Å². The van der Waals surface area contributed by atoms with Crippen LogP contribution in [0, 0.1) is 0 Å². The van der Waals surface area contributed by atoms with Crippen LogP contribution in [0.3, 0.4) is 0 Å². The fourth-order valence-corrected chi connectivity index (χ4v) is 2.78. The van der Waals surface area contributed by atoms with E-state index in [4.69, 9.17) is 18.6 Å². The smallest absolute Gasteiger partial charge is 0.339 e. The molecule has 0 radical (unpaired) electrons. The highest BCUT2D eigenvalue weighted by atomic mass is 16.5. The number of hydrogen-bond acceptors (Lipinski definition) is 7. The number of hydrogen-bond donors (Lipinski definition) is 1. The zero-order chi connectivity index (χ0) is 21.7. The second-order valence-corrected chi connectivity index (χ2v) is 6.14. The summed E-state index contributed by atoms with van der Waals surface area (Å²) in [7, 11) is 2.69. The molecule has 1 aromatic heterocycles. The van der Waals surface area contributed by atoms with Crippen molar-refractivity contribution in [2.45, 2.75) is 6.92 Å². The van der Waals surface area contributed by atoms with Crippen LogP contribution in [-0.4, -0.2) is 32.1 Å². The van der Waals surface area contributed by atoms with E-state index >= 15 is 0 Å². The number of benzene rings is 2. The minimum Gasteiger partial charge on any atom is -0.497 e. The van der Waals surface area contributed by atoms with Gasteiger partial charge in [0.25, 0.3) is 5.91 Å². The third kappa shape index (κ3) is 4.49. The number of carbonyl (C=O) groups is 3. The van der Waals surface area contributed by atoms with Crippen molar-refractivity contribution in [2.75, 3.05) is 19.5 Å². The number of nitrogens with one attached hydrogen (secondary N) is 1. The average molecular weight is 409 g/mol. The Hall–Kier alpha value is -4.07. The van der Waals surface area contributed by atoms with Crippen molar-refractivity contribution in [2.24, 2.45) is 0 Å². The summed E-state index contributed by atoms with van der Waals surface area (Å²) in [6, 6.07) is 12.7. The van der Waals surface area contributed by atoms with Crippen LogP contribution in [-0.2, 0) is 9.53 Å². The normalized spacial score (nSPS) is 10.2. The molecule has 3 rings (SSSR count). The minimum atomic E-state index is -0.623. The molecule has 1 heterocycles. The second kappa shape index (κ2) is 8.95. The van der Waals surface area contributed by atoms with Crippen LogP contribution in [0.25, 0.3) is 11.3 Å². The second-order valence-electron chi connectivity index (χ2n) is 6.14. The molecule has 0 aliphatic heterocycles. The number of ether oxygens (including phenoxy) is 3. The molecule has 0 bridgehead atoms. The van der Waals surface area contributed by atoms with Crippen LogP contribution >= 0.6 is 0 Å². The third-order valence-electron chi connectivity index (χ3n) is 4.16. The van der Waals surface area contributed by atoms with Crippen LogP contribution in [0.5, 0.6) is 11.5 Å². The van der Waals surface area contributed by atoms with Gasteiger partial charge in [0.2, 0.25) is 0 Å². The third-order valence-corrected chi connectivity index (χ3v) is 4.16. The quantitative estimate of drug-likeness (QED) is 0.486. The average Bonchev–Trinajstić information content (AvgIpc) is 3.28. The van der Waals surface area contributed by atoms with Gasteiger partial charge in [0, 0.05) is 12.5 Å². The number of furan rings is 1. The lowest BCUT2D eigenvalue weighted by Crippen LogP contribution is -2.17. The molecule has 0 saturated carbocycles. The molecule has 0 atom stereocenters. The van der Waals surface area contributed by atoms with Gasteiger partial charge >= 0.3 is 11.9 Å². The fraction of sp³-hybridized carbons (Fsp3) is 0.136. The van der Waals surface area contributed by atoms with Crippen molar-refractivity contribution in [3.05, 3.63) is 65.9 Å². The molecular formula is C22H19NO7. The molecule has 8 nitrogen and oxygen atoms in total. The molecule has 0 saturated heterocycles. The Balaban J connectivity index is 2.02. The summed E-state index contributed by atoms with van der Waals surface area (Å²) in [5, 5.41) is 2.68. The maximum Gasteiger partial charge on any atom is 0.339 e. The summed E-state index contributed by atoms with van der Waals surface area (Å²) in [4.78, 5) is 36.6. The van der Waals surface area contributed by atoms with Crippen molar-refractivity contribution in [3.8, 4) is 22.8 Å². The van der Waals surface area contributed by atoms with Gasteiger partial charge in [-0.3, -0.25) is 9.59 Å². The molecule has 0 unspecified atom stereocenters. The zero-order valence-electron chi connectivity index (χ0n) is 16.6. The highest BCUT2D eigenvalue weighted by molar-refractivity contribution is 6.10. The van der Waals surface area contributed by atoms with E-state index in [1.165, 1.54) is 45.6 Å². The van der Waals surface area contributed by atoms with Gasteiger partial charge in [-0.15, -0.1) is 0 Å². The standard InChI is InChI=1S/C22H19NO7/c1-13(24)30-20-9-7-15(27-2)12-17(20)21(25)23-18-11-14(19-5-4-10-29-19)6-8-16(18)22(26)28-3/h4-12H,1-3H3,(H,23,25). The Morgan fingerprint density at radius 2 is 1.77 bits per heavy atom. The predicted octanol–water partition coefficient (Wildman–Crippen LogP) is 3.92. The minimum absolute atomic E-state index is 0.0580. The molecule has 1 amide bonds. The molecule has 8 heteroatoms. The summed E-state index contributed by atoms with van der Waals surface area (Å²) in [6.45, 7) is 1.23. The van der Waals surface area contributed by atoms with Gasteiger partial charge in [-0.1, -0.05) is 6.07 Å². The van der Waals surface area contributed by atoms with Crippen LogP contribution in [0.2, 0.25) is 0 Å². The van der Waals surface area contributed by atoms with Crippen LogP contribution in [0.1, 0.15) is 27.6 Å². The lowest BCUT2D eigenvalue weighted by atomic mass is 10.1. The molecule has 3 aromatic rings.